The van der Waals surface area contributed by atoms with Gasteiger partial charge in [0.15, 0.2) is 0 Å². The summed E-state index contributed by atoms with van der Waals surface area (Å²) < 4.78 is 0. The zero-order chi connectivity index (χ0) is 13.7. The zero-order valence-electron chi connectivity index (χ0n) is 10.4. The Morgan fingerprint density at radius 1 is 1.44 bits per heavy atom. The van der Waals surface area contributed by atoms with Gasteiger partial charge in [-0.3, -0.25) is 4.79 Å². The van der Waals surface area contributed by atoms with Crippen LogP contribution in [0.5, 0.6) is 0 Å². The standard InChI is InChI=1S/C12H17N3O3/c1-14-10(16)6-7-15(2)11-8(12(17)18)4-3-5-9(11)13/h3-5H,6-7,13H2,1-2H3,(H,14,16)(H,17,18). The molecule has 1 aromatic rings. The third-order valence-electron chi connectivity index (χ3n) is 2.63. The van der Waals surface area contributed by atoms with Crippen molar-refractivity contribution in [3.05, 3.63) is 23.8 Å². The van der Waals surface area contributed by atoms with E-state index in [1.165, 1.54) is 6.07 Å². The van der Waals surface area contributed by atoms with Crippen molar-refractivity contribution in [2.75, 3.05) is 31.3 Å². The average Bonchev–Trinajstić information content (AvgIpc) is 2.34. The smallest absolute Gasteiger partial charge is 0.337 e. The lowest BCUT2D eigenvalue weighted by atomic mass is 10.1. The van der Waals surface area contributed by atoms with Gasteiger partial charge in [0.2, 0.25) is 5.91 Å². The molecule has 1 aromatic carbocycles. The molecule has 0 aliphatic rings. The first-order chi connectivity index (χ1) is 8.47. The van der Waals surface area contributed by atoms with E-state index < -0.39 is 5.97 Å². The number of nitrogen functional groups attached to an aromatic ring is 1. The molecule has 18 heavy (non-hydrogen) atoms. The largest absolute Gasteiger partial charge is 0.478 e. The number of carbonyl (C=O) groups excluding carboxylic acids is 1. The van der Waals surface area contributed by atoms with Gasteiger partial charge in [-0.15, -0.1) is 0 Å². The number of para-hydroxylation sites is 1. The molecule has 1 amide bonds. The first-order valence-corrected chi connectivity index (χ1v) is 5.51. The number of carbonyl (C=O) groups is 2. The summed E-state index contributed by atoms with van der Waals surface area (Å²) in [6.45, 7) is 0.397. The van der Waals surface area contributed by atoms with Gasteiger partial charge in [-0.25, -0.2) is 4.79 Å². The minimum Gasteiger partial charge on any atom is -0.478 e. The van der Waals surface area contributed by atoms with Crippen LogP contribution in [-0.4, -0.2) is 37.6 Å². The van der Waals surface area contributed by atoms with Crippen molar-refractivity contribution in [3.63, 3.8) is 0 Å². The number of aromatic carboxylic acids is 1. The van der Waals surface area contributed by atoms with Crippen LogP contribution in [0, 0.1) is 0 Å². The second kappa shape index (κ2) is 5.90. The number of carboxylic acids is 1. The first-order valence-electron chi connectivity index (χ1n) is 5.51. The van der Waals surface area contributed by atoms with E-state index in [2.05, 4.69) is 5.32 Å². The maximum absolute atomic E-state index is 11.2. The normalized spacial score (nSPS) is 9.89. The number of anilines is 2. The molecule has 0 radical (unpaired) electrons. The predicted octanol–water partition coefficient (Wildman–Crippen LogP) is 0.539. The number of nitrogens with one attached hydrogen (secondary N) is 1. The molecule has 0 spiro atoms. The Hall–Kier alpha value is -2.24. The van der Waals surface area contributed by atoms with Crippen LogP contribution in [0.4, 0.5) is 11.4 Å². The van der Waals surface area contributed by atoms with Gasteiger partial charge in [0.05, 0.1) is 16.9 Å². The first kappa shape index (κ1) is 13.8. The lowest BCUT2D eigenvalue weighted by Crippen LogP contribution is -2.28. The Balaban J connectivity index is 2.94. The van der Waals surface area contributed by atoms with Crippen molar-refractivity contribution >= 4 is 23.3 Å². The number of carboxylic acid groups (broad SMARTS) is 1. The van der Waals surface area contributed by atoms with Gasteiger partial charge < -0.3 is 21.1 Å². The fraction of sp³-hybridized carbons (Fsp3) is 0.333. The van der Waals surface area contributed by atoms with Crippen molar-refractivity contribution in [1.29, 1.82) is 0 Å². The lowest BCUT2D eigenvalue weighted by molar-refractivity contribution is -0.120. The molecule has 6 nitrogen and oxygen atoms in total. The highest BCUT2D eigenvalue weighted by Gasteiger charge is 2.16. The fourth-order valence-electron chi connectivity index (χ4n) is 1.67. The molecular weight excluding hydrogens is 234 g/mol. The second-order valence-electron chi connectivity index (χ2n) is 3.89. The second-order valence-corrected chi connectivity index (χ2v) is 3.89. The monoisotopic (exact) mass is 251 g/mol. The minimum atomic E-state index is -1.04. The van der Waals surface area contributed by atoms with E-state index in [1.54, 1.807) is 31.1 Å². The maximum Gasteiger partial charge on any atom is 0.337 e. The Labute approximate surface area is 105 Å². The third-order valence-corrected chi connectivity index (χ3v) is 2.63. The van der Waals surface area contributed by atoms with Crippen LogP contribution in [0.3, 0.4) is 0 Å². The Kier molecular flexibility index (Phi) is 4.53. The van der Waals surface area contributed by atoms with Crippen LogP contribution >= 0.6 is 0 Å². The number of hydrogen-bond acceptors (Lipinski definition) is 4. The van der Waals surface area contributed by atoms with Gasteiger partial charge in [0.25, 0.3) is 0 Å². The maximum atomic E-state index is 11.2. The van der Waals surface area contributed by atoms with Crippen LogP contribution in [0.1, 0.15) is 16.8 Å². The van der Waals surface area contributed by atoms with Gasteiger partial charge in [-0.1, -0.05) is 6.07 Å². The summed E-state index contributed by atoms with van der Waals surface area (Å²) in [4.78, 5) is 24.0. The van der Waals surface area contributed by atoms with Crippen LogP contribution in [0.15, 0.2) is 18.2 Å². The van der Waals surface area contributed by atoms with Crippen LogP contribution in [0.25, 0.3) is 0 Å². The van der Waals surface area contributed by atoms with E-state index in [4.69, 9.17) is 10.8 Å². The Morgan fingerprint density at radius 2 is 2.11 bits per heavy atom. The molecule has 0 saturated carbocycles. The summed E-state index contributed by atoms with van der Waals surface area (Å²) >= 11 is 0. The van der Waals surface area contributed by atoms with Crippen molar-refractivity contribution in [2.45, 2.75) is 6.42 Å². The number of hydrogen-bond donors (Lipinski definition) is 3. The molecule has 0 atom stereocenters. The highest BCUT2D eigenvalue weighted by molar-refractivity contribution is 5.98. The minimum absolute atomic E-state index is 0.103. The molecule has 98 valence electrons. The van der Waals surface area contributed by atoms with E-state index in [0.29, 0.717) is 17.9 Å². The average molecular weight is 251 g/mol. The third kappa shape index (κ3) is 3.13. The lowest BCUT2D eigenvalue weighted by Gasteiger charge is -2.22. The molecule has 0 aliphatic carbocycles. The molecule has 1 rings (SSSR count). The van der Waals surface area contributed by atoms with Crippen LogP contribution in [0.2, 0.25) is 0 Å². The van der Waals surface area contributed by atoms with Gasteiger partial charge in [-0.05, 0) is 12.1 Å². The number of amides is 1. The molecule has 0 fully saturated rings. The van der Waals surface area contributed by atoms with Gasteiger partial charge >= 0.3 is 5.97 Å². The van der Waals surface area contributed by atoms with Gasteiger partial charge in [0.1, 0.15) is 0 Å². The molecule has 4 N–H and O–H groups in total. The van der Waals surface area contributed by atoms with Crippen molar-refractivity contribution in [3.8, 4) is 0 Å². The quantitative estimate of drug-likeness (QED) is 0.664. The van der Waals surface area contributed by atoms with Gasteiger partial charge in [0, 0.05) is 27.1 Å². The molecule has 0 bridgehead atoms. The fourth-order valence-corrected chi connectivity index (χ4v) is 1.67. The van der Waals surface area contributed by atoms with Crippen molar-refractivity contribution in [1.82, 2.24) is 5.32 Å². The summed E-state index contributed by atoms with van der Waals surface area (Å²) in [6.07, 6.45) is 0.278. The zero-order valence-corrected chi connectivity index (χ0v) is 10.4. The molecule has 0 saturated heterocycles. The topological polar surface area (TPSA) is 95.7 Å². The highest BCUT2D eigenvalue weighted by atomic mass is 16.4. The SMILES string of the molecule is CNC(=O)CCN(C)c1c(N)cccc1C(=O)O. The van der Waals surface area contributed by atoms with Crippen LogP contribution in [-0.2, 0) is 4.79 Å². The summed E-state index contributed by atoms with van der Waals surface area (Å²) in [5.74, 6) is -1.14. The summed E-state index contributed by atoms with van der Waals surface area (Å²) in [7, 11) is 3.27. The van der Waals surface area contributed by atoms with E-state index in [9.17, 15) is 9.59 Å². The molecular formula is C12H17N3O3. The number of benzene rings is 1. The summed E-state index contributed by atoms with van der Waals surface area (Å²) in [5, 5.41) is 11.6. The Morgan fingerprint density at radius 3 is 2.67 bits per heavy atom. The van der Waals surface area contributed by atoms with E-state index in [0.717, 1.165) is 0 Å². The number of nitrogens with zero attached hydrogens (tertiary/aromatic N) is 1. The molecule has 0 heterocycles. The van der Waals surface area contributed by atoms with Crippen molar-refractivity contribution < 1.29 is 14.7 Å². The number of nitrogens with two attached hydrogens (primary N) is 1. The molecule has 0 unspecified atom stereocenters. The van der Waals surface area contributed by atoms with E-state index in [1.807, 2.05) is 0 Å². The Bertz CT molecular complexity index is 460. The number of rotatable bonds is 5. The predicted molar refractivity (Wildman–Crippen MR) is 69.8 cm³/mol. The van der Waals surface area contributed by atoms with Gasteiger partial charge in [-0.2, -0.15) is 0 Å². The van der Waals surface area contributed by atoms with E-state index >= 15 is 0 Å². The van der Waals surface area contributed by atoms with Crippen LogP contribution < -0.4 is 16.0 Å². The highest BCUT2D eigenvalue weighted by Crippen LogP contribution is 2.27. The molecule has 0 aromatic heterocycles. The van der Waals surface area contributed by atoms with E-state index in [-0.39, 0.29) is 17.9 Å². The summed E-state index contributed by atoms with van der Waals surface area (Å²) in [5.41, 5.74) is 6.75. The van der Waals surface area contributed by atoms with Crippen molar-refractivity contribution in [2.24, 2.45) is 0 Å². The molecule has 0 aliphatic heterocycles. The molecule has 6 heteroatoms. The summed E-state index contributed by atoms with van der Waals surface area (Å²) in [6, 6.07) is 4.72.